The molecule has 0 aromatic carbocycles. The molecule has 0 heterocycles. The van der Waals surface area contributed by atoms with Gasteiger partial charge in [0.25, 0.3) is 0 Å². The average Bonchev–Trinajstić information content (AvgIpc) is 2.25. The predicted molar refractivity (Wildman–Crippen MR) is 62.4 cm³/mol. The molecule has 0 aromatic heterocycles. The standard InChI is InChI=1S/C12H26N2/c13-9-4-5-10-14-11-8-12-6-2-1-3-7-12/h12,14H,1-11,13H2. The van der Waals surface area contributed by atoms with E-state index in [0.717, 1.165) is 25.4 Å². The molecule has 2 heteroatoms. The number of rotatable bonds is 7. The Hall–Kier alpha value is -0.0800. The zero-order valence-electron chi connectivity index (χ0n) is 9.43. The molecule has 1 aliphatic rings. The highest BCUT2D eigenvalue weighted by Gasteiger charge is 2.12. The van der Waals surface area contributed by atoms with E-state index < -0.39 is 0 Å². The molecule has 2 nitrogen and oxygen atoms in total. The molecule has 0 radical (unpaired) electrons. The first kappa shape index (κ1) is 12.0. The molecule has 1 fully saturated rings. The summed E-state index contributed by atoms with van der Waals surface area (Å²) < 4.78 is 0. The van der Waals surface area contributed by atoms with Crippen LogP contribution in [0, 0.1) is 5.92 Å². The normalized spacial score (nSPS) is 18.6. The van der Waals surface area contributed by atoms with Gasteiger partial charge in [-0.05, 0) is 44.8 Å². The summed E-state index contributed by atoms with van der Waals surface area (Å²) in [5, 5.41) is 3.51. The van der Waals surface area contributed by atoms with Gasteiger partial charge in [0, 0.05) is 0 Å². The third kappa shape index (κ3) is 5.61. The highest BCUT2D eigenvalue weighted by atomic mass is 14.8. The van der Waals surface area contributed by atoms with Crippen LogP contribution in [0.5, 0.6) is 0 Å². The lowest BCUT2D eigenvalue weighted by Crippen LogP contribution is -2.21. The van der Waals surface area contributed by atoms with Gasteiger partial charge in [-0.3, -0.25) is 0 Å². The van der Waals surface area contributed by atoms with Crippen LogP contribution in [-0.4, -0.2) is 19.6 Å². The van der Waals surface area contributed by atoms with Gasteiger partial charge in [-0.25, -0.2) is 0 Å². The lowest BCUT2D eigenvalue weighted by Gasteiger charge is -2.21. The van der Waals surface area contributed by atoms with Crippen molar-refractivity contribution in [2.75, 3.05) is 19.6 Å². The molecule has 0 aromatic rings. The Balaban J connectivity index is 1.82. The second kappa shape index (κ2) is 8.25. The minimum Gasteiger partial charge on any atom is -0.330 e. The third-order valence-corrected chi connectivity index (χ3v) is 3.26. The van der Waals surface area contributed by atoms with Crippen molar-refractivity contribution < 1.29 is 0 Å². The Morgan fingerprint density at radius 1 is 1.00 bits per heavy atom. The number of nitrogens with two attached hydrogens (primary N) is 1. The van der Waals surface area contributed by atoms with E-state index in [1.807, 2.05) is 0 Å². The van der Waals surface area contributed by atoms with Crippen molar-refractivity contribution in [2.24, 2.45) is 11.7 Å². The second-order valence-electron chi connectivity index (χ2n) is 4.54. The zero-order chi connectivity index (χ0) is 10.1. The number of hydrogen-bond donors (Lipinski definition) is 2. The molecule has 0 amide bonds. The van der Waals surface area contributed by atoms with Crippen LogP contribution in [0.15, 0.2) is 0 Å². The quantitative estimate of drug-likeness (QED) is 0.616. The van der Waals surface area contributed by atoms with Gasteiger partial charge in [0.2, 0.25) is 0 Å². The molecule has 0 spiro atoms. The minimum absolute atomic E-state index is 0.838. The molecule has 0 saturated heterocycles. The molecule has 0 aliphatic heterocycles. The SMILES string of the molecule is NCCCCNCCC1CCCCC1. The first-order valence-corrected chi connectivity index (χ1v) is 6.34. The van der Waals surface area contributed by atoms with Gasteiger partial charge in [-0.2, -0.15) is 0 Å². The van der Waals surface area contributed by atoms with Crippen LogP contribution in [0.3, 0.4) is 0 Å². The molecule has 84 valence electrons. The summed E-state index contributed by atoms with van der Waals surface area (Å²) in [6, 6.07) is 0. The van der Waals surface area contributed by atoms with Gasteiger partial charge >= 0.3 is 0 Å². The van der Waals surface area contributed by atoms with Crippen molar-refractivity contribution >= 4 is 0 Å². The molecule has 0 atom stereocenters. The van der Waals surface area contributed by atoms with Crippen molar-refractivity contribution in [3.63, 3.8) is 0 Å². The Morgan fingerprint density at radius 3 is 2.50 bits per heavy atom. The Kier molecular flexibility index (Phi) is 7.06. The van der Waals surface area contributed by atoms with Crippen LogP contribution in [0.1, 0.15) is 51.4 Å². The van der Waals surface area contributed by atoms with E-state index in [9.17, 15) is 0 Å². The first-order chi connectivity index (χ1) is 6.93. The summed E-state index contributed by atoms with van der Waals surface area (Å²) in [5.74, 6) is 1.02. The van der Waals surface area contributed by atoms with Crippen LogP contribution in [-0.2, 0) is 0 Å². The Labute approximate surface area is 88.6 Å². The Morgan fingerprint density at radius 2 is 1.79 bits per heavy atom. The summed E-state index contributed by atoms with van der Waals surface area (Å²) in [6.07, 6.45) is 11.2. The largest absolute Gasteiger partial charge is 0.330 e. The molecule has 0 unspecified atom stereocenters. The number of nitrogens with one attached hydrogen (secondary N) is 1. The van der Waals surface area contributed by atoms with Crippen molar-refractivity contribution in [3.05, 3.63) is 0 Å². The Bertz CT molecular complexity index is 119. The van der Waals surface area contributed by atoms with Crippen molar-refractivity contribution in [1.82, 2.24) is 5.32 Å². The highest BCUT2D eigenvalue weighted by molar-refractivity contribution is 4.66. The average molecular weight is 198 g/mol. The first-order valence-electron chi connectivity index (χ1n) is 6.34. The topological polar surface area (TPSA) is 38.0 Å². The van der Waals surface area contributed by atoms with E-state index in [2.05, 4.69) is 5.32 Å². The summed E-state index contributed by atoms with van der Waals surface area (Å²) in [4.78, 5) is 0. The lowest BCUT2D eigenvalue weighted by molar-refractivity contribution is 0.334. The molecule has 1 saturated carbocycles. The van der Waals surface area contributed by atoms with Crippen LogP contribution in [0.25, 0.3) is 0 Å². The van der Waals surface area contributed by atoms with Gasteiger partial charge in [0.1, 0.15) is 0 Å². The monoisotopic (exact) mass is 198 g/mol. The summed E-state index contributed by atoms with van der Waals surface area (Å²) in [7, 11) is 0. The van der Waals surface area contributed by atoms with E-state index >= 15 is 0 Å². The van der Waals surface area contributed by atoms with E-state index in [1.54, 1.807) is 0 Å². The fourth-order valence-corrected chi connectivity index (χ4v) is 2.30. The van der Waals surface area contributed by atoms with E-state index in [-0.39, 0.29) is 0 Å². The molecule has 14 heavy (non-hydrogen) atoms. The van der Waals surface area contributed by atoms with Crippen molar-refractivity contribution in [1.29, 1.82) is 0 Å². The van der Waals surface area contributed by atoms with E-state index in [0.29, 0.717) is 0 Å². The van der Waals surface area contributed by atoms with Crippen LogP contribution >= 0.6 is 0 Å². The fraction of sp³-hybridized carbons (Fsp3) is 1.00. The predicted octanol–water partition coefficient (Wildman–Crippen LogP) is 2.29. The highest BCUT2D eigenvalue weighted by Crippen LogP contribution is 2.25. The van der Waals surface area contributed by atoms with Gasteiger partial charge in [0.15, 0.2) is 0 Å². The summed E-state index contributed by atoms with van der Waals surface area (Å²) in [6.45, 7) is 3.21. The fourth-order valence-electron chi connectivity index (χ4n) is 2.30. The van der Waals surface area contributed by atoms with Crippen molar-refractivity contribution in [2.45, 2.75) is 51.4 Å². The summed E-state index contributed by atoms with van der Waals surface area (Å²) >= 11 is 0. The summed E-state index contributed by atoms with van der Waals surface area (Å²) in [5.41, 5.74) is 5.43. The zero-order valence-corrected chi connectivity index (χ0v) is 9.43. The maximum Gasteiger partial charge on any atom is -0.00463 e. The van der Waals surface area contributed by atoms with E-state index in [4.69, 9.17) is 5.73 Å². The third-order valence-electron chi connectivity index (χ3n) is 3.26. The van der Waals surface area contributed by atoms with Gasteiger partial charge in [0.05, 0.1) is 0 Å². The van der Waals surface area contributed by atoms with Gasteiger partial charge in [-0.1, -0.05) is 32.1 Å². The van der Waals surface area contributed by atoms with Crippen LogP contribution in [0.2, 0.25) is 0 Å². The number of unbranched alkanes of at least 4 members (excludes halogenated alkanes) is 1. The molecule has 1 rings (SSSR count). The van der Waals surface area contributed by atoms with Crippen LogP contribution < -0.4 is 11.1 Å². The maximum atomic E-state index is 5.43. The molecule has 0 bridgehead atoms. The minimum atomic E-state index is 0.838. The van der Waals surface area contributed by atoms with Gasteiger partial charge in [-0.15, -0.1) is 0 Å². The molecular formula is C12H26N2. The molecular weight excluding hydrogens is 172 g/mol. The smallest absolute Gasteiger partial charge is 0.00463 e. The van der Waals surface area contributed by atoms with Crippen molar-refractivity contribution in [3.8, 4) is 0 Å². The lowest BCUT2D eigenvalue weighted by atomic mass is 9.87. The van der Waals surface area contributed by atoms with E-state index in [1.165, 1.54) is 51.5 Å². The maximum absolute atomic E-state index is 5.43. The van der Waals surface area contributed by atoms with Gasteiger partial charge < -0.3 is 11.1 Å². The van der Waals surface area contributed by atoms with Crippen LogP contribution in [0.4, 0.5) is 0 Å². The second-order valence-corrected chi connectivity index (χ2v) is 4.54. The number of hydrogen-bond acceptors (Lipinski definition) is 2. The molecule has 3 N–H and O–H groups in total. The molecule has 1 aliphatic carbocycles.